The summed E-state index contributed by atoms with van der Waals surface area (Å²) in [5.74, 6) is -0.250. The number of carbonyl (C=O) groups is 1. The smallest absolute Gasteiger partial charge is 0.220 e. The van der Waals surface area contributed by atoms with E-state index in [1.54, 1.807) is 0 Å². The molecule has 12 N–H and O–H groups in total. The Morgan fingerprint density at radius 1 is 0.363 bits per heavy atom. The van der Waals surface area contributed by atoms with Gasteiger partial charge in [-0.15, -0.1) is 0 Å². The number of allylic oxidation sites excluding steroid dienone is 12. The molecule has 3 fully saturated rings. The van der Waals surface area contributed by atoms with Crippen molar-refractivity contribution in [1.82, 2.24) is 5.32 Å². The van der Waals surface area contributed by atoms with Gasteiger partial charge in [0.05, 0.1) is 38.6 Å². The fourth-order valence-corrected chi connectivity index (χ4v) is 13.7. The Bertz CT molecular complexity index is 2120. The Balaban J connectivity index is 1.37. The van der Waals surface area contributed by atoms with Crippen molar-refractivity contribution < 1.29 is 89.4 Å². The minimum absolute atomic E-state index is 0.250. The van der Waals surface area contributed by atoms with Crippen LogP contribution in [-0.2, 0) is 33.2 Å². The zero-order valence-corrected chi connectivity index (χ0v) is 63.6. The number of nitrogens with one attached hydrogen (secondary N) is 1. The molecule has 17 atom stereocenters. The first-order chi connectivity index (χ1) is 49.8. The van der Waals surface area contributed by atoms with Gasteiger partial charge in [-0.25, -0.2) is 0 Å². The molecule has 1 amide bonds. The minimum atomic E-state index is -1.98. The molecule has 0 saturated carbocycles. The number of unbranched alkanes of at least 4 members (excludes halogenated alkanes) is 37. The number of hydrogen-bond donors (Lipinski definition) is 12. The van der Waals surface area contributed by atoms with Crippen molar-refractivity contribution in [3.8, 4) is 0 Å². The van der Waals surface area contributed by atoms with E-state index in [-0.39, 0.29) is 18.9 Å². The molecular weight excluding hydrogens is 1300 g/mol. The second-order valence-corrected chi connectivity index (χ2v) is 29.2. The molecule has 594 valence electrons. The van der Waals surface area contributed by atoms with Crippen LogP contribution in [0.3, 0.4) is 0 Å². The summed E-state index contributed by atoms with van der Waals surface area (Å²) in [6.45, 7) is 1.72. The van der Waals surface area contributed by atoms with Crippen molar-refractivity contribution in [3.63, 3.8) is 0 Å². The lowest BCUT2D eigenvalue weighted by molar-refractivity contribution is -0.379. The van der Waals surface area contributed by atoms with Crippen LogP contribution in [0.15, 0.2) is 72.9 Å². The van der Waals surface area contributed by atoms with Crippen molar-refractivity contribution in [1.29, 1.82) is 0 Å². The van der Waals surface area contributed by atoms with Gasteiger partial charge in [0.15, 0.2) is 18.9 Å². The molecule has 3 aliphatic heterocycles. The van der Waals surface area contributed by atoms with E-state index in [0.29, 0.717) is 12.8 Å². The fraction of sp³-hybridized carbons (Fsp3) is 0.843. The van der Waals surface area contributed by atoms with Gasteiger partial charge in [-0.1, -0.05) is 318 Å². The summed E-state index contributed by atoms with van der Waals surface area (Å²) in [5.41, 5.74) is 0. The van der Waals surface area contributed by atoms with E-state index in [1.807, 2.05) is 0 Å². The number of aliphatic hydroxyl groups excluding tert-OH is 11. The van der Waals surface area contributed by atoms with Crippen molar-refractivity contribution in [2.45, 2.75) is 420 Å². The molecule has 3 heterocycles. The summed E-state index contributed by atoms with van der Waals surface area (Å²) in [6.07, 6.45) is 55.6. The van der Waals surface area contributed by atoms with E-state index in [4.69, 9.17) is 28.4 Å². The van der Waals surface area contributed by atoms with Crippen molar-refractivity contribution >= 4 is 5.91 Å². The SMILES string of the molecule is CC/C=C\C/C=C\C/C=C\C/C=C\C/C=C\C/C=C\CCCCCCCCCCC(=O)NC(COC1OC(CO)C(OC2OC(CO)C(OC3OC(CO)C(O)C(O)C3O)C(O)C2O)C(O)C1O)C(O)CCCCCCCCCCCCCCCCCCCCCCCCCCCCCCCC. The predicted octanol–water partition coefficient (Wildman–Crippen LogP) is 14.0. The second-order valence-electron chi connectivity index (χ2n) is 29.2. The standard InChI is InChI=1S/C83H149NO18/c1-3-5-7-9-11-13-15-17-19-21-23-25-27-29-31-32-33-35-36-38-40-42-44-46-48-50-52-54-56-58-60-67(88)66(84-71(89)61-59-57-55-53-51-49-47-45-43-41-39-37-34-30-28-26-24-22-20-18-16-14-12-10-8-6-4-2)65-97-81-77(95)74(92)79(69(63-86)99-81)102-83-78(96)75(93)80(70(64-87)100-83)101-82-76(94)73(91)72(90)68(62-85)98-82/h6,8,12,14,18,20,24,26,30,34,39,41,66-70,72-83,85-88,90-96H,3-5,7,9-11,13,15-17,19,21-23,25,27-29,31-33,35-38,40,42-65H2,1-2H3,(H,84,89)/b8-6-,14-12-,20-18-,26-24-,34-30-,41-39-. The molecule has 0 radical (unpaired) electrons. The van der Waals surface area contributed by atoms with Gasteiger partial charge in [0, 0.05) is 6.42 Å². The van der Waals surface area contributed by atoms with Crippen LogP contribution in [-0.4, -0.2) is 193 Å². The van der Waals surface area contributed by atoms with Crippen LogP contribution >= 0.6 is 0 Å². The van der Waals surface area contributed by atoms with Gasteiger partial charge in [-0.05, 0) is 64.2 Å². The van der Waals surface area contributed by atoms with Gasteiger partial charge in [-0.3, -0.25) is 4.79 Å². The van der Waals surface area contributed by atoms with E-state index in [9.17, 15) is 61.0 Å². The Morgan fingerprint density at radius 2 is 0.676 bits per heavy atom. The summed E-state index contributed by atoms with van der Waals surface area (Å²) in [6, 6.07) is -0.899. The highest BCUT2D eigenvalue weighted by molar-refractivity contribution is 5.76. The first kappa shape index (κ1) is 93.4. The van der Waals surface area contributed by atoms with Gasteiger partial charge in [0.1, 0.15) is 73.2 Å². The normalized spacial score (nSPS) is 26.5. The second kappa shape index (κ2) is 63.2. The number of carbonyl (C=O) groups excluding carboxylic acids is 1. The maximum absolute atomic E-state index is 13.5. The summed E-state index contributed by atoms with van der Waals surface area (Å²) < 4.78 is 34.5. The number of ether oxygens (including phenoxy) is 6. The Morgan fingerprint density at radius 3 is 1.06 bits per heavy atom. The molecule has 0 spiro atoms. The summed E-state index contributed by atoms with van der Waals surface area (Å²) in [7, 11) is 0. The number of rotatable bonds is 65. The Hall–Kier alpha value is -2.77. The maximum Gasteiger partial charge on any atom is 0.220 e. The third-order valence-corrected chi connectivity index (χ3v) is 20.3. The summed E-state index contributed by atoms with van der Waals surface area (Å²) in [4.78, 5) is 13.5. The van der Waals surface area contributed by atoms with Crippen molar-refractivity contribution in [2.75, 3.05) is 26.4 Å². The number of aliphatic hydroxyl groups is 11. The van der Waals surface area contributed by atoms with Crippen LogP contribution in [0, 0.1) is 0 Å². The van der Waals surface area contributed by atoms with Crippen LogP contribution < -0.4 is 5.32 Å². The summed E-state index contributed by atoms with van der Waals surface area (Å²) >= 11 is 0. The lowest BCUT2D eigenvalue weighted by atomic mass is 9.96. The van der Waals surface area contributed by atoms with Crippen molar-refractivity contribution in [3.05, 3.63) is 72.9 Å². The predicted molar refractivity (Wildman–Crippen MR) is 406 cm³/mol. The van der Waals surface area contributed by atoms with Crippen LogP contribution in [0.25, 0.3) is 0 Å². The largest absolute Gasteiger partial charge is 0.394 e. The highest BCUT2D eigenvalue weighted by Crippen LogP contribution is 2.33. The van der Waals surface area contributed by atoms with E-state index in [1.165, 1.54) is 186 Å². The molecule has 3 saturated heterocycles. The highest BCUT2D eigenvalue weighted by atomic mass is 16.8. The molecule has 3 aliphatic rings. The van der Waals surface area contributed by atoms with Gasteiger partial charge in [-0.2, -0.15) is 0 Å². The van der Waals surface area contributed by atoms with Crippen molar-refractivity contribution in [2.24, 2.45) is 0 Å². The molecule has 0 aromatic carbocycles. The quantitative estimate of drug-likeness (QED) is 0.0199. The zero-order chi connectivity index (χ0) is 73.9. The molecule has 0 aliphatic carbocycles. The molecule has 0 bridgehead atoms. The first-order valence-corrected chi connectivity index (χ1v) is 41.2. The van der Waals surface area contributed by atoms with E-state index < -0.39 is 124 Å². The number of hydrogen-bond acceptors (Lipinski definition) is 18. The van der Waals surface area contributed by atoms with Gasteiger partial charge < -0.3 is 89.9 Å². The molecular formula is C83H149NO18. The van der Waals surface area contributed by atoms with Gasteiger partial charge >= 0.3 is 0 Å². The molecule has 3 rings (SSSR count). The van der Waals surface area contributed by atoms with Crippen LogP contribution in [0.2, 0.25) is 0 Å². The van der Waals surface area contributed by atoms with Crippen LogP contribution in [0.5, 0.6) is 0 Å². The number of amides is 1. The third kappa shape index (κ3) is 42.7. The Kier molecular flexibility index (Phi) is 57.9. The van der Waals surface area contributed by atoms with Gasteiger partial charge in [0.2, 0.25) is 5.91 Å². The zero-order valence-electron chi connectivity index (χ0n) is 63.6. The van der Waals surface area contributed by atoms with E-state index in [0.717, 1.165) is 96.3 Å². The highest BCUT2D eigenvalue weighted by Gasteiger charge is 2.54. The fourth-order valence-electron chi connectivity index (χ4n) is 13.7. The minimum Gasteiger partial charge on any atom is -0.394 e. The molecule has 0 aromatic heterocycles. The lowest BCUT2D eigenvalue weighted by Crippen LogP contribution is -2.66. The van der Waals surface area contributed by atoms with E-state index in [2.05, 4.69) is 92.1 Å². The molecule has 0 aromatic rings. The van der Waals surface area contributed by atoms with E-state index >= 15 is 0 Å². The van der Waals surface area contributed by atoms with Gasteiger partial charge in [0.25, 0.3) is 0 Å². The van der Waals surface area contributed by atoms with Crippen LogP contribution in [0.1, 0.15) is 316 Å². The monoisotopic (exact) mass is 1450 g/mol. The van der Waals surface area contributed by atoms with Crippen LogP contribution in [0.4, 0.5) is 0 Å². The molecule has 19 heteroatoms. The average molecular weight is 1450 g/mol. The maximum atomic E-state index is 13.5. The molecule has 102 heavy (non-hydrogen) atoms. The lowest BCUT2D eigenvalue weighted by Gasteiger charge is -2.48. The third-order valence-electron chi connectivity index (χ3n) is 20.3. The molecule has 19 nitrogen and oxygen atoms in total. The Labute approximate surface area is 617 Å². The first-order valence-electron chi connectivity index (χ1n) is 41.2. The molecule has 17 unspecified atom stereocenters. The average Bonchev–Trinajstić information content (AvgIpc) is 0.782. The topological polar surface area (TPSA) is 307 Å². The summed E-state index contributed by atoms with van der Waals surface area (Å²) in [5, 5.41) is 121.